The third kappa shape index (κ3) is 3.62. The SMILES string of the molecule is CC(C)(C)c1ccc2c(ccn3c(C4CCCCCCC4)cc(=O)nc23)n1. The number of nitrogens with zero attached hydrogens (tertiary/aromatic N) is 3. The largest absolute Gasteiger partial charge is 0.304 e. The molecule has 4 heteroatoms. The summed E-state index contributed by atoms with van der Waals surface area (Å²) < 4.78 is 2.13. The lowest BCUT2D eigenvalue weighted by molar-refractivity contribution is 0.446. The molecule has 3 aromatic heterocycles. The van der Waals surface area contributed by atoms with E-state index in [0.717, 1.165) is 40.8 Å². The van der Waals surface area contributed by atoms with E-state index in [4.69, 9.17) is 4.98 Å². The summed E-state index contributed by atoms with van der Waals surface area (Å²) in [5.74, 6) is 0.438. The van der Waals surface area contributed by atoms with Gasteiger partial charge < -0.3 is 4.40 Å². The molecule has 0 amide bonds. The molecule has 0 saturated heterocycles. The van der Waals surface area contributed by atoms with Crippen molar-refractivity contribution in [1.29, 1.82) is 0 Å². The molecule has 0 aromatic carbocycles. The Labute approximate surface area is 160 Å². The van der Waals surface area contributed by atoms with E-state index in [1.165, 1.54) is 32.1 Å². The number of pyridine rings is 2. The molecule has 0 spiro atoms. The van der Waals surface area contributed by atoms with Gasteiger partial charge in [0.25, 0.3) is 5.56 Å². The average molecular weight is 364 g/mol. The normalized spacial score (nSPS) is 17.1. The molecule has 1 aliphatic rings. The van der Waals surface area contributed by atoms with Crippen LogP contribution in [0, 0.1) is 0 Å². The third-order valence-electron chi connectivity index (χ3n) is 5.83. The Morgan fingerprint density at radius 2 is 1.67 bits per heavy atom. The minimum atomic E-state index is -0.139. The maximum absolute atomic E-state index is 12.4. The van der Waals surface area contributed by atoms with Crippen LogP contribution in [-0.4, -0.2) is 14.4 Å². The zero-order chi connectivity index (χ0) is 19.0. The Morgan fingerprint density at radius 3 is 2.37 bits per heavy atom. The predicted molar refractivity (Wildman–Crippen MR) is 111 cm³/mol. The van der Waals surface area contributed by atoms with Crippen molar-refractivity contribution in [2.45, 2.75) is 77.0 Å². The summed E-state index contributed by atoms with van der Waals surface area (Å²) in [4.78, 5) is 21.6. The second kappa shape index (κ2) is 7.06. The van der Waals surface area contributed by atoms with E-state index in [1.807, 2.05) is 0 Å². The molecule has 0 radical (unpaired) electrons. The van der Waals surface area contributed by atoms with E-state index < -0.39 is 0 Å². The highest BCUT2D eigenvalue weighted by Gasteiger charge is 2.20. The van der Waals surface area contributed by atoms with E-state index in [9.17, 15) is 4.79 Å². The maximum Gasteiger partial charge on any atom is 0.273 e. The summed E-state index contributed by atoms with van der Waals surface area (Å²) in [5.41, 5.74) is 3.67. The van der Waals surface area contributed by atoms with Crippen LogP contribution in [0.2, 0.25) is 0 Å². The average Bonchev–Trinajstić information content (AvgIpc) is 2.59. The molecule has 1 aliphatic carbocycles. The predicted octanol–water partition coefficient (Wildman–Crippen LogP) is 5.37. The first-order valence-corrected chi connectivity index (χ1v) is 10.3. The smallest absolute Gasteiger partial charge is 0.273 e. The van der Waals surface area contributed by atoms with Gasteiger partial charge in [-0.15, -0.1) is 0 Å². The second-order valence-corrected chi connectivity index (χ2v) is 8.95. The highest BCUT2D eigenvalue weighted by molar-refractivity contribution is 5.91. The van der Waals surface area contributed by atoms with Gasteiger partial charge in [-0.1, -0.05) is 52.9 Å². The van der Waals surface area contributed by atoms with Gasteiger partial charge in [0, 0.05) is 34.5 Å². The van der Waals surface area contributed by atoms with Gasteiger partial charge in [-0.2, -0.15) is 4.98 Å². The molecule has 1 fully saturated rings. The van der Waals surface area contributed by atoms with Crippen LogP contribution in [0.3, 0.4) is 0 Å². The van der Waals surface area contributed by atoms with Crippen LogP contribution in [0.25, 0.3) is 16.6 Å². The fourth-order valence-corrected chi connectivity index (χ4v) is 4.28. The van der Waals surface area contributed by atoms with Gasteiger partial charge in [-0.3, -0.25) is 9.78 Å². The second-order valence-electron chi connectivity index (χ2n) is 8.95. The molecular weight excluding hydrogens is 334 g/mol. The summed E-state index contributed by atoms with van der Waals surface area (Å²) >= 11 is 0. The molecule has 142 valence electrons. The molecule has 27 heavy (non-hydrogen) atoms. The van der Waals surface area contributed by atoms with Gasteiger partial charge in [0.2, 0.25) is 0 Å². The fourth-order valence-electron chi connectivity index (χ4n) is 4.28. The van der Waals surface area contributed by atoms with E-state index in [1.54, 1.807) is 6.07 Å². The fraction of sp³-hybridized carbons (Fsp3) is 0.522. The maximum atomic E-state index is 12.4. The Balaban J connectivity index is 1.88. The molecular formula is C23H29N3O. The van der Waals surface area contributed by atoms with Crippen molar-refractivity contribution < 1.29 is 0 Å². The summed E-state index contributed by atoms with van der Waals surface area (Å²) in [6.45, 7) is 6.49. The summed E-state index contributed by atoms with van der Waals surface area (Å²) in [5, 5.41) is 0.954. The number of rotatable bonds is 1. The third-order valence-corrected chi connectivity index (χ3v) is 5.83. The topological polar surface area (TPSA) is 47.3 Å². The monoisotopic (exact) mass is 363 g/mol. The molecule has 0 bridgehead atoms. The van der Waals surface area contributed by atoms with Crippen LogP contribution in [0.4, 0.5) is 0 Å². The van der Waals surface area contributed by atoms with E-state index in [0.29, 0.717) is 5.92 Å². The lowest BCUT2D eigenvalue weighted by Gasteiger charge is -2.22. The minimum Gasteiger partial charge on any atom is -0.304 e. The van der Waals surface area contributed by atoms with Gasteiger partial charge in [0.05, 0.1) is 5.52 Å². The van der Waals surface area contributed by atoms with Crippen LogP contribution < -0.4 is 5.56 Å². The standard InChI is InChI=1S/C23H29N3O/c1-23(2,3)20-12-11-17-18(24-20)13-14-26-19(15-21(27)25-22(17)26)16-9-7-5-4-6-8-10-16/h11-16H,4-10H2,1-3H3. The van der Waals surface area contributed by atoms with Gasteiger partial charge in [-0.25, -0.2) is 0 Å². The van der Waals surface area contributed by atoms with Crippen LogP contribution in [0.1, 0.15) is 83.0 Å². The molecule has 0 unspecified atom stereocenters. The zero-order valence-electron chi connectivity index (χ0n) is 16.7. The molecule has 4 rings (SSSR count). The van der Waals surface area contributed by atoms with Crippen molar-refractivity contribution >= 4 is 16.6 Å². The van der Waals surface area contributed by atoms with Crippen molar-refractivity contribution in [3.63, 3.8) is 0 Å². The number of hydrogen-bond acceptors (Lipinski definition) is 3. The summed E-state index contributed by atoms with van der Waals surface area (Å²) in [6.07, 6.45) is 10.8. The highest BCUT2D eigenvalue weighted by atomic mass is 16.1. The summed E-state index contributed by atoms with van der Waals surface area (Å²) in [6, 6.07) is 7.96. The van der Waals surface area contributed by atoms with Crippen molar-refractivity contribution in [1.82, 2.24) is 14.4 Å². The molecule has 3 aromatic rings. The van der Waals surface area contributed by atoms with Crippen LogP contribution in [-0.2, 0) is 5.41 Å². The van der Waals surface area contributed by atoms with Crippen LogP contribution in [0.15, 0.2) is 35.3 Å². The Bertz CT molecular complexity index is 1020. The molecule has 4 nitrogen and oxygen atoms in total. The highest BCUT2D eigenvalue weighted by Crippen LogP contribution is 2.31. The van der Waals surface area contributed by atoms with Crippen molar-refractivity contribution in [2.24, 2.45) is 0 Å². The zero-order valence-corrected chi connectivity index (χ0v) is 16.7. The van der Waals surface area contributed by atoms with E-state index in [-0.39, 0.29) is 11.0 Å². The number of aromatic nitrogens is 3. The lowest BCUT2D eigenvalue weighted by Crippen LogP contribution is -2.17. The van der Waals surface area contributed by atoms with E-state index >= 15 is 0 Å². The van der Waals surface area contributed by atoms with Crippen molar-refractivity contribution in [2.75, 3.05) is 0 Å². The van der Waals surface area contributed by atoms with Crippen molar-refractivity contribution in [3.8, 4) is 0 Å². The Kier molecular flexibility index (Phi) is 4.75. The quantitative estimate of drug-likeness (QED) is 0.546. The first-order valence-electron chi connectivity index (χ1n) is 10.3. The molecule has 0 aliphatic heterocycles. The molecule has 1 saturated carbocycles. The first kappa shape index (κ1) is 18.1. The number of fused-ring (bicyclic) bond motifs is 3. The summed E-state index contributed by atoms with van der Waals surface area (Å²) in [7, 11) is 0. The first-order chi connectivity index (χ1) is 12.9. The van der Waals surface area contributed by atoms with Crippen LogP contribution >= 0.6 is 0 Å². The van der Waals surface area contributed by atoms with Gasteiger partial charge in [-0.05, 0) is 37.0 Å². The molecule has 0 atom stereocenters. The molecule has 3 heterocycles. The Hall–Kier alpha value is -2.23. The Morgan fingerprint density at radius 1 is 0.963 bits per heavy atom. The number of hydrogen-bond donors (Lipinski definition) is 0. The van der Waals surface area contributed by atoms with Crippen molar-refractivity contribution in [3.05, 3.63) is 52.2 Å². The molecule has 0 N–H and O–H groups in total. The van der Waals surface area contributed by atoms with Gasteiger partial charge in [0.1, 0.15) is 0 Å². The lowest BCUT2D eigenvalue weighted by atomic mass is 9.88. The minimum absolute atomic E-state index is 0.00584. The van der Waals surface area contributed by atoms with Crippen LogP contribution in [0.5, 0.6) is 0 Å². The van der Waals surface area contributed by atoms with Gasteiger partial charge in [0.15, 0.2) is 5.65 Å². The van der Waals surface area contributed by atoms with Gasteiger partial charge >= 0.3 is 0 Å². The van der Waals surface area contributed by atoms with E-state index in [2.05, 4.69) is 54.6 Å².